The second-order valence-corrected chi connectivity index (χ2v) is 7.36. The van der Waals surface area contributed by atoms with E-state index >= 15 is 0 Å². The highest BCUT2D eigenvalue weighted by Gasteiger charge is 2.34. The number of hydrogen-bond acceptors (Lipinski definition) is 4. The molecule has 0 saturated carbocycles. The predicted molar refractivity (Wildman–Crippen MR) is 116 cm³/mol. The molecule has 0 aliphatic carbocycles. The number of carbonyl (C=O) groups is 3. The van der Waals surface area contributed by atoms with E-state index in [1.165, 1.54) is 4.90 Å². The van der Waals surface area contributed by atoms with Crippen molar-refractivity contribution < 1.29 is 19.1 Å². The standard InChI is InChI=1S/C25H22N2O4/c1-17-6-4-9-20(14-17)31-13-12-26-23(28)19-8-5-7-18(15-19)16-27-24(29)21-10-2-3-11-22(21)25(27)30/h2-11,14-15H,12-13,16H2,1H3,(H,26,28). The summed E-state index contributed by atoms with van der Waals surface area (Å²) < 4.78 is 5.64. The van der Waals surface area contributed by atoms with Gasteiger partial charge in [0, 0.05) is 5.56 Å². The number of nitrogens with one attached hydrogen (secondary N) is 1. The predicted octanol–water partition coefficient (Wildman–Crippen LogP) is 3.60. The first-order valence-corrected chi connectivity index (χ1v) is 10.0. The van der Waals surface area contributed by atoms with E-state index in [4.69, 9.17) is 4.74 Å². The van der Waals surface area contributed by atoms with E-state index in [-0.39, 0.29) is 24.3 Å². The van der Waals surface area contributed by atoms with Crippen LogP contribution in [-0.4, -0.2) is 35.8 Å². The summed E-state index contributed by atoms with van der Waals surface area (Å²) in [6.45, 7) is 2.81. The molecule has 6 heteroatoms. The zero-order valence-corrected chi connectivity index (χ0v) is 17.1. The third-order valence-corrected chi connectivity index (χ3v) is 5.05. The summed E-state index contributed by atoms with van der Waals surface area (Å²) in [5, 5.41) is 2.82. The molecule has 6 nitrogen and oxygen atoms in total. The monoisotopic (exact) mass is 414 g/mol. The van der Waals surface area contributed by atoms with Crippen LogP contribution in [0, 0.1) is 6.92 Å². The number of aryl methyl sites for hydroxylation is 1. The van der Waals surface area contributed by atoms with Crippen molar-refractivity contribution in [3.63, 3.8) is 0 Å². The Bertz CT molecular complexity index is 1120. The van der Waals surface area contributed by atoms with Gasteiger partial charge in [-0.2, -0.15) is 0 Å². The van der Waals surface area contributed by atoms with E-state index < -0.39 is 0 Å². The lowest BCUT2D eigenvalue weighted by molar-refractivity contribution is 0.0642. The molecule has 0 atom stereocenters. The largest absolute Gasteiger partial charge is 0.492 e. The number of nitrogens with zero attached hydrogens (tertiary/aromatic N) is 1. The number of imide groups is 1. The molecule has 0 radical (unpaired) electrons. The second kappa shape index (κ2) is 8.83. The maximum Gasteiger partial charge on any atom is 0.261 e. The van der Waals surface area contributed by atoms with Crippen molar-refractivity contribution in [2.24, 2.45) is 0 Å². The Balaban J connectivity index is 1.34. The van der Waals surface area contributed by atoms with Crippen LogP contribution in [0.15, 0.2) is 72.8 Å². The number of rotatable bonds is 7. The van der Waals surface area contributed by atoms with Crippen molar-refractivity contribution in [3.05, 3.63) is 101 Å². The number of amides is 3. The molecule has 3 aromatic rings. The number of hydrogen-bond donors (Lipinski definition) is 1. The average molecular weight is 414 g/mol. The maximum absolute atomic E-state index is 12.6. The minimum atomic E-state index is -0.316. The maximum atomic E-state index is 12.6. The first-order valence-electron chi connectivity index (χ1n) is 10.0. The number of benzene rings is 3. The first kappa shape index (κ1) is 20.3. The third-order valence-electron chi connectivity index (χ3n) is 5.05. The number of ether oxygens (including phenoxy) is 1. The summed E-state index contributed by atoms with van der Waals surface area (Å²) in [6.07, 6.45) is 0. The minimum Gasteiger partial charge on any atom is -0.492 e. The molecule has 156 valence electrons. The lowest BCUT2D eigenvalue weighted by Crippen LogP contribution is -2.30. The van der Waals surface area contributed by atoms with Crippen molar-refractivity contribution in [3.8, 4) is 5.75 Å². The van der Waals surface area contributed by atoms with E-state index in [1.807, 2.05) is 31.2 Å². The molecule has 3 amide bonds. The van der Waals surface area contributed by atoms with Crippen LogP contribution in [0.1, 0.15) is 42.2 Å². The molecule has 0 bridgehead atoms. The summed E-state index contributed by atoms with van der Waals surface area (Å²) >= 11 is 0. The highest BCUT2D eigenvalue weighted by Crippen LogP contribution is 2.24. The van der Waals surface area contributed by atoms with Gasteiger partial charge in [-0.1, -0.05) is 36.4 Å². The molecule has 0 spiro atoms. The fraction of sp³-hybridized carbons (Fsp3) is 0.160. The van der Waals surface area contributed by atoms with Gasteiger partial charge in [0.15, 0.2) is 0 Å². The van der Waals surface area contributed by atoms with E-state index in [2.05, 4.69) is 5.32 Å². The smallest absolute Gasteiger partial charge is 0.261 e. The Morgan fingerprint density at radius 2 is 1.61 bits per heavy atom. The van der Waals surface area contributed by atoms with Gasteiger partial charge >= 0.3 is 0 Å². The van der Waals surface area contributed by atoms with E-state index in [9.17, 15) is 14.4 Å². The molecule has 1 aliphatic rings. The van der Waals surface area contributed by atoms with Crippen molar-refractivity contribution in [2.75, 3.05) is 13.2 Å². The van der Waals surface area contributed by atoms with Crippen molar-refractivity contribution in [2.45, 2.75) is 13.5 Å². The zero-order valence-electron chi connectivity index (χ0n) is 17.1. The van der Waals surface area contributed by atoms with Gasteiger partial charge in [0.1, 0.15) is 12.4 Å². The van der Waals surface area contributed by atoms with E-state index in [1.54, 1.807) is 48.5 Å². The summed E-state index contributed by atoms with van der Waals surface area (Å²) in [5.74, 6) is -0.109. The van der Waals surface area contributed by atoms with Crippen LogP contribution < -0.4 is 10.1 Å². The molecule has 31 heavy (non-hydrogen) atoms. The number of fused-ring (bicyclic) bond motifs is 1. The molecule has 0 aromatic heterocycles. The Morgan fingerprint density at radius 3 is 2.32 bits per heavy atom. The molecule has 4 rings (SSSR count). The lowest BCUT2D eigenvalue weighted by Gasteiger charge is -2.14. The lowest BCUT2D eigenvalue weighted by atomic mass is 10.1. The van der Waals surface area contributed by atoms with Crippen LogP contribution in [0.3, 0.4) is 0 Å². The molecule has 1 aliphatic heterocycles. The van der Waals surface area contributed by atoms with E-state index in [0.717, 1.165) is 11.3 Å². The Morgan fingerprint density at radius 1 is 0.903 bits per heavy atom. The highest BCUT2D eigenvalue weighted by atomic mass is 16.5. The summed E-state index contributed by atoms with van der Waals surface area (Å²) in [6, 6.07) is 21.4. The summed E-state index contributed by atoms with van der Waals surface area (Å²) in [7, 11) is 0. The normalized spacial score (nSPS) is 12.6. The molecule has 0 unspecified atom stereocenters. The van der Waals surface area contributed by atoms with Crippen LogP contribution in [0.25, 0.3) is 0 Å². The van der Waals surface area contributed by atoms with Gasteiger partial charge in [-0.15, -0.1) is 0 Å². The Hall–Kier alpha value is -3.93. The van der Waals surface area contributed by atoms with Gasteiger partial charge < -0.3 is 10.1 Å². The van der Waals surface area contributed by atoms with Gasteiger partial charge in [-0.25, -0.2) is 0 Å². The average Bonchev–Trinajstić information content (AvgIpc) is 3.02. The van der Waals surface area contributed by atoms with Crippen LogP contribution in [-0.2, 0) is 6.54 Å². The molecular weight excluding hydrogens is 392 g/mol. The topological polar surface area (TPSA) is 75.7 Å². The zero-order chi connectivity index (χ0) is 21.8. The van der Waals surface area contributed by atoms with Crippen LogP contribution in [0.2, 0.25) is 0 Å². The van der Waals surface area contributed by atoms with Gasteiger partial charge in [0.25, 0.3) is 17.7 Å². The van der Waals surface area contributed by atoms with Gasteiger partial charge in [0.05, 0.1) is 24.2 Å². The van der Waals surface area contributed by atoms with Crippen LogP contribution in [0.5, 0.6) is 5.75 Å². The van der Waals surface area contributed by atoms with Crippen molar-refractivity contribution in [1.82, 2.24) is 10.2 Å². The SMILES string of the molecule is Cc1cccc(OCCNC(=O)c2cccc(CN3C(=O)c4ccccc4C3=O)c2)c1. The summed E-state index contributed by atoms with van der Waals surface area (Å²) in [4.78, 5) is 38.8. The van der Waals surface area contributed by atoms with Gasteiger partial charge in [0.2, 0.25) is 0 Å². The first-order chi connectivity index (χ1) is 15.0. The third kappa shape index (κ3) is 4.48. The quantitative estimate of drug-likeness (QED) is 0.473. The van der Waals surface area contributed by atoms with Crippen molar-refractivity contribution in [1.29, 1.82) is 0 Å². The fourth-order valence-corrected chi connectivity index (χ4v) is 3.52. The fourth-order valence-electron chi connectivity index (χ4n) is 3.52. The van der Waals surface area contributed by atoms with Crippen molar-refractivity contribution >= 4 is 17.7 Å². The Labute approximate surface area is 180 Å². The van der Waals surface area contributed by atoms with Crippen LogP contribution in [0.4, 0.5) is 0 Å². The minimum absolute atomic E-state index is 0.115. The summed E-state index contributed by atoms with van der Waals surface area (Å²) in [5.41, 5.74) is 3.10. The Kier molecular flexibility index (Phi) is 5.80. The van der Waals surface area contributed by atoms with E-state index in [0.29, 0.717) is 35.4 Å². The second-order valence-electron chi connectivity index (χ2n) is 7.36. The number of carbonyl (C=O) groups excluding carboxylic acids is 3. The van der Waals surface area contributed by atoms with Gasteiger partial charge in [-0.05, 0) is 54.4 Å². The van der Waals surface area contributed by atoms with Gasteiger partial charge in [-0.3, -0.25) is 19.3 Å². The van der Waals surface area contributed by atoms with Crippen LogP contribution >= 0.6 is 0 Å². The molecular formula is C25H22N2O4. The molecule has 1 heterocycles. The molecule has 1 N–H and O–H groups in total. The highest BCUT2D eigenvalue weighted by molar-refractivity contribution is 6.21. The molecule has 3 aromatic carbocycles. The molecule has 0 saturated heterocycles. The molecule has 0 fully saturated rings.